The van der Waals surface area contributed by atoms with E-state index in [0.717, 1.165) is 11.1 Å². The number of thioether (sulfide) groups is 1. The number of nitrogens with one attached hydrogen (secondary N) is 2. The summed E-state index contributed by atoms with van der Waals surface area (Å²) >= 11 is 1.27. The van der Waals surface area contributed by atoms with Crippen LogP contribution < -0.4 is 15.4 Å². The molecule has 1 aromatic heterocycles. The van der Waals surface area contributed by atoms with Gasteiger partial charge in [-0.25, -0.2) is 0 Å². The van der Waals surface area contributed by atoms with Gasteiger partial charge in [0.25, 0.3) is 5.91 Å². The van der Waals surface area contributed by atoms with E-state index in [1.54, 1.807) is 23.8 Å². The Hall–Kier alpha value is -3.33. The first-order chi connectivity index (χ1) is 15.3. The number of benzene rings is 2. The summed E-state index contributed by atoms with van der Waals surface area (Å²) in [5, 5.41) is 14.8. The van der Waals surface area contributed by atoms with Crippen LogP contribution in [0.1, 0.15) is 40.3 Å². The number of ether oxygens (including phenoxy) is 1. The Bertz CT molecular complexity index is 1110. The number of hydrogen-bond donors (Lipinski definition) is 2. The number of carbonyl (C=O) groups is 2. The molecule has 168 valence electrons. The molecular formula is C23H27N5O3S. The van der Waals surface area contributed by atoms with Crippen molar-refractivity contribution in [2.45, 2.75) is 32.0 Å². The molecule has 3 rings (SSSR count). The van der Waals surface area contributed by atoms with Crippen LogP contribution >= 0.6 is 11.8 Å². The van der Waals surface area contributed by atoms with Gasteiger partial charge in [0, 0.05) is 12.6 Å². The third-order valence-corrected chi connectivity index (χ3v) is 5.90. The number of hydrogen-bond acceptors (Lipinski definition) is 6. The average Bonchev–Trinajstić information content (AvgIpc) is 3.13. The van der Waals surface area contributed by atoms with Crippen molar-refractivity contribution in [2.24, 2.45) is 7.05 Å². The first-order valence-corrected chi connectivity index (χ1v) is 11.1. The molecule has 0 spiro atoms. The van der Waals surface area contributed by atoms with Gasteiger partial charge in [-0.1, -0.05) is 35.5 Å². The lowest BCUT2D eigenvalue weighted by Crippen LogP contribution is -2.28. The van der Waals surface area contributed by atoms with Crippen molar-refractivity contribution in [1.82, 2.24) is 20.1 Å². The van der Waals surface area contributed by atoms with Crippen LogP contribution in [-0.2, 0) is 11.8 Å². The zero-order valence-corrected chi connectivity index (χ0v) is 19.6. The molecule has 32 heavy (non-hydrogen) atoms. The second-order valence-corrected chi connectivity index (χ2v) is 8.44. The van der Waals surface area contributed by atoms with Gasteiger partial charge in [0.2, 0.25) is 5.91 Å². The van der Waals surface area contributed by atoms with E-state index in [-0.39, 0.29) is 23.6 Å². The first kappa shape index (κ1) is 23.3. The van der Waals surface area contributed by atoms with Gasteiger partial charge in [0.1, 0.15) is 5.75 Å². The van der Waals surface area contributed by atoms with Crippen LogP contribution in [0.4, 0.5) is 5.69 Å². The van der Waals surface area contributed by atoms with Crippen molar-refractivity contribution >= 4 is 29.3 Å². The number of nitrogens with zero attached hydrogens (tertiary/aromatic N) is 3. The minimum atomic E-state index is -0.346. The van der Waals surface area contributed by atoms with Crippen LogP contribution in [0.5, 0.6) is 5.75 Å². The standard InChI is InChI=1S/C23H27N5O3S/c1-14-6-9-17(10-7-14)22(30)24-16(3)21-26-27-23(28(21)4)32-13-20(29)25-18-12-15(2)8-11-19(18)31-5/h6-12,16H,13H2,1-5H3,(H,24,30)(H,25,29)/t16-/m1/s1. The van der Waals surface area contributed by atoms with Crippen molar-refractivity contribution in [3.8, 4) is 5.75 Å². The van der Waals surface area contributed by atoms with Crippen molar-refractivity contribution in [3.63, 3.8) is 0 Å². The Morgan fingerprint density at radius 3 is 2.47 bits per heavy atom. The third-order valence-electron chi connectivity index (χ3n) is 4.88. The average molecular weight is 454 g/mol. The topological polar surface area (TPSA) is 98.1 Å². The van der Waals surface area contributed by atoms with Crippen LogP contribution in [-0.4, -0.2) is 39.4 Å². The van der Waals surface area contributed by atoms with E-state index in [1.165, 1.54) is 11.8 Å². The second kappa shape index (κ2) is 10.3. The van der Waals surface area contributed by atoms with Gasteiger partial charge in [0.05, 0.1) is 24.6 Å². The van der Waals surface area contributed by atoms with Gasteiger partial charge in [-0.2, -0.15) is 0 Å². The van der Waals surface area contributed by atoms with Crippen molar-refractivity contribution in [2.75, 3.05) is 18.2 Å². The number of carbonyl (C=O) groups excluding carboxylic acids is 2. The zero-order valence-electron chi connectivity index (χ0n) is 18.8. The summed E-state index contributed by atoms with van der Waals surface area (Å²) < 4.78 is 7.08. The molecule has 0 saturated carbocycles. The summed E-state index contributed by atoms with van der Waals surface area (Å²) in [6.07, 6.45) is 0. The number of rotatable bonds is 8. The van der Waals surface area contributed by atoms with E-state index < -0.39 is 0 Å². The summed E-state index contributed by atoms with van der Waals surface area (Å²) in [5.41, 5.74) is 3.33. The lowest BCUT2D eigenvalue weighted by molar-refractivity contribution is -0.113. The molecular weight excluding hydrogens is 426 g/mol. The first-order valence-electron chi connectivity index (χ1n) is 10.1. The van der Waals surface area contributed by atoms with Crippen LogP contribution in [0.2, 0.25) is 0 Å². The van der Waals surface area contributed by atoms with E-state index in [9.17, 15) is 9.59 Å². The summed E-state index contributed by atoms with van der Waals surface area (Å²) in [4.78, 5) is 24.9. The Morgan fingerprint density at radius 2 is 1.78 bits per heavy atom. The third kappa shape index (κ3) is 5.67. The van der Waals surface area contributed by atoms with Crippen LogP contribution in [0.3, 0.4) is 0 Å². The Balaban J connectivity index is 1.59. The highest BCUT2D eigenvalue weighted by Gasteiger charge is 2.19. The maximum Gasteiger partial charge on any atom is 0.251 e. The van der Waals surface area contributed by atoms with Crippen molar-refractivity contribution in [3.05, 3.63) is 65.0 Å². The fraction of sp³-hybridized carbons (Fsp3) is 0.304. The molecule has 1 heterocycles. The lowest BCUT2D eigenvalue weighted by Gasteiger charge is -2.14. The number of anilines is 1. The predicted octanol–water partition coefficient (Wildman–Crippen LogP) is 3.66. The van der Waals surface area contributed by atoms with Crippen LogP contribution in [0, 0.1) is 13.8 Å². The SMILES string of the molecule is COc1ccc(C)cc1NC(=O)CSc1nnc([C@@H](C)NC(=O)c2ccc(C)cc2)n1C. The van der Waals surface area contributed by atoms with Gasteiger partial charge < -0.3 is 19.9 Å². The van der Waals surface area contributed by atoms with Crippen molar-refractivity contribution in [1.29, 1.82) is 0 Å². The number of amides is 2. The molecule has 0 unspecified atom stereocenters. The summed E-state index contributed by atoms with van der Waals surface area (Å²) in [6, 6.07) is 12.6. The molecule has 0 fully saturated rings. The maximum absolute atomic E-state index is 12.5. The highest BCUT2D eigenvalue weighted by atomic mass is 32.2. The predicted molar refractivity (Wildman–Crippen MR) is 125 cm³/mol. The molecule has 0 aliphatic carbocycles. The molecule has 9 heteroatoms. The van der Waals surface area contributed by atoms with Gasteiger partial charge in [-0.3, -0.25) is 9.59 Å². The minimum Gasteiger partial charge on any atom is -0.495 e. The number of methoxy groups -OCH3 is 1. The Kier molecular flexibility index (Phi) is 7.53. The van der Waals surface area contributed by atoms with Gasteiger partial charge in [-0.05, 0) is 50.6 Å². The molecule has 0 saturated heterocycles. The normalized spacial score (nSPS) is 11.7. The van der Waals surface area contributed by atoms with Crippen LogP contribution in [0.15, 0.2) is 47.6 Å². The molecule has 8 nitrogen and oxygen atoms in total. The fourth-order valence-corrected chi connectivity index (χ4v) is 3.83. The summed E-state index contributed by atoms with van der Waals surface area (Å²) in [7, 11) is 3.38. The maximum atomic E-state index is 12.5. The molecule has 3 aromatic rings. The van der Waals surface area contributed by atoms with E-state index in [4.69, 9.17) is 4.74 Å². The molecule has 0 aliphatic heterocycles. The Labute approximate surface area is 191 Å². The van der Waals surface area contributed by atoms with Gasteiger partial charge in [0.15, 0.2) is 11.0 Å². The summed E-state index contributed by atoms with van der Waals surface area (Å²) in [5.74, 6) is 1.01. The molecule has 2 N–H and O–H groups in total. The van der Waals surface area contributed by atoms with Gasteiger partial charge >= 0.3 is 0 Å². The second-order valence-electron chi connectivity index (χ2n) is 7.50. The highest BCUT2D eigenvalue weighted by Crippen LogP contribution is 2.26. The fourth-order valence-electron chi connectivity index (χ4n) is 3.11. The number of aryl methyl sites for hydroxylation is 2. The smallest absolute Gasteiger partial charge is 0.251 e. The van der Waals surface area contributed by atoms with Crippen molar-refractivity contribution < 1.29 is 14.3 Å². The monoisotopic (exact) mass is 453 g/mol. The molecule has 0 aliphatic rings. The Morgan fingerprint density at radius 1 is 1.09 bits per heavy atom. The minimum absolute atomic E-state index is 0.160. The zero-order chi connectivity index (χ0) is 23.3. The van der Waals surface area contributed by atoms with Crippen LogP contribution in [0.25, 0.3) is 0 Å². The summed E-state index contributed by atoms with van der Waals surface area (Å²) in [6.45, 7) is 5.77. The quantitative estimate of drug-likeness (QED) is 0.505. The molecule has 2 amide bonds. The molecule has 2 aromatic carbocycles. The van der Waals surface area contributed by atoms with E-state index in [1.807, 2.05) is 58.2 Å². The molecule has 0 bridgehead atoms. The lowest BCUT2D eigenvalue weighted by atomic mass is 10.1. The number of aromatic nitrogens is 3. The molecule has 1 atom stereocenters. The highest BCUT2D eigenvalue weighted by molar-refractivity contribution is 7.99. The molecule has 0 radical (unpaired) electrons. The van der Waals surface area contributed by atoms with E-state index in [0.29, 0.717) is 28.0 Å². The van der Waals surface area contributed by atoms with Gasteiger partial charge in [-0.15, -0.1) is 10.2 Å². The largest absolute Gasteiger partial charge is 0.495 e. The van der Waals surface area contributed by atoms with E-state index in [2.05, 4.69) is 20.8 Å². The van der Waals surface area contributed by atoms with E-state index >= 15 is 0 Å².